The third-order valence-corrected chi connectivity index (χ3v) is 1.68. The topological polar surface area (TPSA) is 61.3 Å². The molecule has 13 heavy (non-hydrogen) atoms. The molecule has 2 N–H and O–H groups in total. The Hall–Kier alpha value is -1.17. The van der Waals surface area contributed by atoms with E-state index < -0.39 is 12.0 Å². The fourth-order valence-corrected chi connectivity index (χ4v) is 0.717. The van der Waals surface area contributed by atoms with E-state index in [0.29, 0.717) is 0 Å². The summed E-state index contributed by atoms with van der Waals surface area (Å²) in [5.74, 6) is 0.0340. The summed E-state index contributed by atoms with van der Waals surface area (Å²) in [7, 11) is 1.36. The maximum Gasteiger partial charge on any atom is 0.263 e. The van der Waals surface area contributed by atoms with Gasteiger partial charge in [-0.1, -0.05) is 0 Å². The van der Waals surface area contributed by atoms with E-state index in [1.165, 1.54) is 13.2 Å². The predicted molar refractivity (Wildman–Crippen MR) is 40.6 cm³/mol. The lowest BCUT2D eigenvalue weighted by Gasteiger charge is -2.18. The van der Waals surface area contributed by atoms with Crippen LogP contribution in [0.1, 0.15) is 12.7 Å². The van der Waals surface area contributed by atoms with Crippen LogP contribution in [0.5, 0.6) is 5.88 Å². The minimum atomic E-state index is -2.72. The van der Waals surface area contributed by atoms with Crippen molar-refractivity contribution in [2.75, 3.05) is 7.11 Å². The van der Waals surface area contributed by atoms with Gasteiger partial charge in [0, 0.05) is 6.07 Å². The first-order chi connectivity index (χ1) is 5.98. The number of halogens is 2. The van der Waals surface area contributed by atoms with E-state index in [1.807, 2.05) is 0 Å². The molecule has 0 fully saturated rings. The Morgan fingerprint density at radius 3 is 2.69 bits per heavy atom. The zero-order valence-electron chi connectivity index (χ0n) is 7.25. The first-order valence-corrected chi connectivity index (χ1v) is 3.56. The number of methoxy groups -OCH3 is 1. The number of nitrogens with two attached hydrogens (primary N) is 1. The van der Waals surface area contributed by atoms with E-state index >= 15 is 0 Å². The van der Waals surface area contributed by atoms with Crippen molar-refractivity contribution in [3.05, 3.63) is 11.8 Å². The first kappa shape index (κ1) is 9.91. The molecule has 0 saturated heterocycles. The Morgan fingerprint density at radius 2 is 2.31 bits per heavy atom. The third kappa shape index (κ3) is 1.77. The van der Waals surface area contributed by atoms with Crippen molar-refractivity contribution >= 4 is 0 Å². The number of aromatic nitrogens is 1. The molecule has 0 spiro atoms. The maximum absolute atomic E-state index is 12.4. The number of alkyl halides is 2. The van der Waals surface area contributed by atoms with Gasteiger partial charge in [0.25, 0.3) is 12.3 Å². The van der Waals surface area contributed by atoms with E-state index in [1.54, 1.807) is 0 Å². The molecule has 1 atom stereocenters. The highest BCUT2D eigenvalue weighted by molar-refractivity contribution is 5.18. The molecule has 0 bridgehead atoms. The van der Waals surface area contributed by atoms with Crippen molar-refractivity contribution in [3.8, 4) is 5.88 Å². The van der Waals surface area contributed by atoms with Gasteiger partial charge in [-0.2, -0.15) is 0 Å². The van der Waals surface area contributed by atoms with Crippen molar-refractivity contribution in [2.24, 2.45) is 5.73 Å². The van der Waals surface area contributed by atoms with E-state index in [4.69, 9.17) is 5.73 Å². The second-order valence-electron chi connectivity index (χ2n) is 2.82. The fraction of sp³-hybridized carbons (Fsp3) is 0.571. The molecule has 4 nitrogen and oxygen atoms in total. The molecule has 1 unspecified atom stereocenters. The molecule has 0 aliphatic carbocycles. The van der Waals surface area contributed by atoms with Crippen LogP contribution in [0.25, 0.3) is 0 Å². The van der Waals surface area contributed by atoms with Crippen molar-refractivity contribution in [2.45, 2.75) is 18.9 Å². The Bertz CT molecular complexity index is 286. The Morgan fingerprint density at radius 1 is 1.69 bits per heavy atom. The summed E-state index contributed by atoms with van der Waals surface area (Å²) in [4.78, 5) is 0. The molecule has 6 heteroatoms. The van der Waals surface area contributed by atoms with Gasteiger partial charge in [0.1, 0.15) is 5.54 Å². The summed E-state index contributed by atoms with van der Waals surface area (Å²) in [5, 5.41) is 3.37. The molecule has 1 aromatic heterocycles. The normalized spacial score (nSPS) is 15.8. The van der Waals surface area contributed by atoms with Crippen molar-refractivity contribution in [1.29, 1.82) is 0 Å². The van der Waals surface area contributed by atoms with Crippen molar-refractivity contribution in [3.63, 3.8) is 0 Å². The van der Waals surface area contributed by atoms with Gasteiger partial charge in [-0.15, -0.1) is 0 Å². The van der Waals surface area contributed by atoms with Crippen molar-refractivity contribution in [1.82, 2.24) is 5.16 Å². The molecule has 1 rings (SSSR count). The van der Waals surface area contributed by atoms with Gasteiger partial charge in [0.15, 0.2) is 5.76 Å². The van der Waals surface area contributed by atoms with Gasteiger partial charge in [-0.25, -0.2) is 8.78 Å². The number of hydrogen-bond acceptors (Lipinski definition) is 4. The highest BCUT2D eigenvalue weighted by atomic mass is 19.3. The van der Waals surface area contributed by atoms with Gasteiger partial charge in [0.05, 0.1) is 7.11 Å². The molecule has 1 aromatic rings. The standard InChI is InChI=1S/C7H10F2N2O2/c1-7(10,6(8)9)4-3-5(12-2)11-13-4/h3,6H,10H2,1-2H3. The van der Waals surface area contributed by atoms with E-state index in [0.717, 1.165) is 6.92 Å². The van der Waals surface area contributed by atoms with Crippen molar-refractivity contribution < 1.29 is 18.0 Å². The molecule has 0 aromatic carbocycles. The van der Waals surface area contributed by atoms with Crippen LogP contribution in [0, 0.1) is 0 Å². The average Bonchev–Trinajstić information content (AvgIpc) is 2.51. The van der Waals surface area contributed by atoms with E-state index in [9.17, 15) is 8.78 Å². The summed E-state index contributed by atoms with van der Waals surface area (Å²) in [6.07, 6.45) is -2.72. The van der Waals surface area contributed by atoms with E-state index in [2.05, 4.69) is 14.4 Å². The van der Waals surface area contributed by atoms with Gasteiger partial charge in [-0.05, 0) is 12.1 Å². The Kier molecular flexibility index (Phi) is 2.51. The molecule has 1 heterocycles. The average molecular weight is 192 g/mol. The highest BCUT2D eigenvalue weighted by Gasteiger charge is 2.36. The highest BCUT2D eigenvalue weighted by Crippen LogP contribution is 2.27. The maximum atomic E-state index is 12.4. The molecule has 0 radical (unpaired) electrons. The monoisotopic (exact) mass is 192 g/mol. The summed E-state index contributed by atoms with van der Waals surface area (Å²) >= 11 is 0. The van der Waals surface area contributed by atoms with E-state index in [-0.39, 0.29) is 11.6 Å². The molecule has 74 valence electrons. The van der Waals surface area contributed by atoms with Crippen LogP contribution in [-0.2, 0) is 5.54 Å². The molecule has 0 saturated carbocycles. The molecule has 0 aliphatic rings. The molecular weight excluding hydrogens is 182 g/mol. The summed E-state index contributed by atoms with van der Waals surface area (Å²) in [6.45, 7) is 1.16. The lowest BCUT2D eigenvalue weighted by Crippen LogP contribution is -2.40. The van der Waals surface area contributed by atoms with Gasteiger partial charge >= 0.3 is 0 Å². The lowest BCUT2D eigenvalue weighted by molar-refractivity contribution is 0.0464. The van der Waals surface area contributed by atoms with Crippen LogP contribution < -0.4 is 10.5 Å². The van der Waals surface area contributed by atoms with Crippen LogP contribution in [0.2, 0.25) is 0 Å². The molecule has 0 amide bonds. The quantitative estimate of drug-likeness (QED) is 0.779. The Balaban J connectivity index is 2.93. The van der Waals surface area contributed by atoms with Crippen LogP contribution in [-0.4, -0.2) is 18.7 Å². The number of ether oxygens (including phenoxy) is 1. The Labute approximate surface area is 73.6 Å². The smallest absolute Gasteiger partial charge is 0.263 e. The summed E-state index contributed by atoms with van der Waals surface area (Å²) in [5.41, 5.74) is 3.48. The zero-order valence-corrected chi connectivity index (χ0v) is 7.25. The minimum absolute atomic E-state index is 0.0978. The van der Waals surface area contributed by atoms with Gasteiger partial charge in [-0.3, -0.25) is 0 Å². The largest absolute Gasteiger partial charge is 0.479 e. The van der Waals surface area contributed by atoms with Crippen LogP contribution >= 0.6 is 0 Å². The SMILES string of the molecule is COc1cc(C(C)(N)C(F)F)on1. The number of hydrogen-bond donors (Lipinski definition) is 1. The number of rotatable bonds is 3. The van der Waals surface area contributed by atoms with Crippen LogP contribution in [0.15, 0.2) is 10.6 Å². The number of nitrogens with zero attached hydrogens (tertiary/aromatic N) is 1. The molecule has 0 aliphatic heterocycles. The van der Waals surface area contributed by atoms with Gasteiger partial charge < -0.3 is 15.0 Å². The second kappa shape index (κ2) is 3.29. The fourth-order valence-electron chi connectivity index (χ4n) is 0.717. The summed E-state index contributed by atoms with van der Waals surface area (Å²) in [6, 6.07) is 1.24. The lowest BCUT2D eigenvalue weighted by atomic mass is 10.0. The molecular formula is C7H10F2N2O2. The minimum Gasteiger partial charge on any atom is -0.479 e. The van der Waals surface area contributed by atoms with Gasteiger partial charge in [0.2, 0.25) is 0 Å². The predicted octanol–water partition coefficient (Wildman–Crippen LogP) is 1.12. The first-order valence-electron chi connectivity index (χ1n) is 3.56. The third-order valence-electron chi connectivity index (χ3n) is 1.68. The van der Waals surface area contributed by atoms with Crippen LogP contribution in [0.3, 0.4) is 0 Å². The summed E-state index contributed by atoms with van der Waals surface area (Å²) < 4.78 is 34.0. The zero-order chi connectivity index (χ0) is 10.1. The second-order valence-corrected chi connectivity index (χ2v) is 2.82. The van der Waals surface area contributed by atoms with Crippen LogP contribution in [0.4, 0.5) is 8.78 Å².